The lowest BCUT2D eigenvalue weighted by Crippen LogP contribution is -2.34. The second-order valence-corrected chi connectivity index (χ2v) is 8.87. The van der Waals surface area contributed by atoms with E-state index in [-0.39, 0.29) is 5.91 Å². The number of aromatic amines is 1. The van der Waals surface area contributed by atoms with E-state index in [1.165, 1.54) is 47.7 Å². The molecule has 1 aliphatic rings. The molecular formula is C27H37N5O3S. The van der Waals surface area contributed by atoms with E-state index in [1.54, 1.807) is 24.7 Å². The monoisotopic (exact) mass is 511 g/mol. The zero-order chi connectivity index (χ0) is 26.2. The van der Waals surface area contributed by atoms with Crippen molar-refractivity contribution in [3.8, 4) is 16.9 Å². The van der Waals surface area contributed by atoms with Gasteiger partial charge in [0.2, 0.25) is 5.91 Å². The average molecular weight is 512 g/mol. The van der Waals surface area contributed by atoms with Crippen LogP contribution in [0.1, 0.15) is 33.1 Å². The van der Waals surface area contributed by atoms with Crippen molar-refractivity contribution in [3.63, 3.8) is 0 Å². The zero-order valence-corrected chi connectivity index (χ0v) is 22.4. The molecule has 194 valence electrons. The third-order valence-electron chi connectivity index (χ3n) is 5.13. The fourth-order valence-corrected chi connectivity index (χ4v) is 4.63. The second kappa shape index (κ2) is 16.3. The number of H-pyrrole nitrogens is 1. The van der Waals surface area contributed by atoms with Crippen molar-refractivity contribution in [1.29, 1.82) is 0 Å². The Morgan fingerprint density at radius 1 is 1.19 bits per heavy atom. The Morgan fingerprint density at radius 2 is 1.86 bits per heavy atom. The molecule has 5 rings (SSSR count). The van der Waals surface area contributed by atoms with Crippen molar-refractivity contribution in [2.75, 3.05) is 33.8 Å². The Bertz CT molecular complexity index is 1130. The topological polar surface area (TPSA) is 92.2 Å². The summed E-state index contributed by atoms with van der Waals surface area (Å²) < 4.78 is 6.00. The maximum atomic E-state index is 11.1. The zero-order valence-electron chi connectivity index (χ0n) is 21.6. The fraction of sp³-hybridized carbons (Fsp3) is 0.370. The van der Waals surface area contributed by atoms with Crippen molar-refractivity contribution < 1.29 is 14.3 Å². The summed E-state index contributed by atoms with van der Waals surface area (Å²) in [4.78, 5) is 30.4. The summed E-state index contributed by atoms with van der Waals surface area (Å²) in [7, 11) is 3.11. The number of aromatic nitrogens is 3. The standard InChI is InChI=1S/C15H11N3S.C7H14N2O.C3H8.C2H4O2/c1-2-4-11(5-3-1)13-9-19-15-12(13)6-7-18(15)14-8-16-10-17-14;1-8-6-7(10)9-4-2-3-5-9;1-3-2;1-4-2-3/h1-10H,(H,16,17);8H,2-6H2,1H3;3H2,1-2H3;2H,1H3. The number of methoxy groups -OCH3 is 1. The highest BCUT2D eigenvalue weighted by Gasteiger charge is 2.16. The van der Waals surface area contributed by atoms with Crippen LogP contribution in [0.15, 0.2) is 60.5 Å². The van der Waals surface area contributed by atoms with Crippen LogP contribution in [0.4, 0.5) is 0 Å². The van der Waals surface area contributed by atoms with Crippen LogP contribution in [0.25, 0.3) is 27.2 Å². The number of carbonyl (C=O) groups is 2. The summed E-state index contributed by atoms with van der Waals surface area (Å²) in [6.45, 7) is 7.03. The molecule has 0 bridgehead atoms. The minimum absolute atomic E-state index is 0.236. The van der Waals surface area contributed by atoms with Gasteiger partial charge in [0.15, 0.2) is 0 Å². The van der Waals surface area contributed by atoms with Gasteiger partial charge in [0.25, 0.3) is 6.47 Å². The molecule has 2 N–H and O–H groups in total. The van der Waals surface area contributed by atoms with Crippen LogP contribution in [0, 0.1) is 0 Å². The van der Waals surface area contributed by atoms with Crippen LogP contribution in [-0.4, -0.2) is 65.6 Å². The van der Waals surface area contributed by atoms with Gasteiger partial charge >= 0.3 is 0 Å². The predicted molar refractivity (Wildman–Crippen MR) is 148 cm³/mol. The highest BCUT2D eigenvalue weighted by atomic mass is 32.1. The summed E-state index contributed by atoms with van der Waals surface area (Å²) in [6.07, 6.45) is 9.22. The first kappa shape index (κ1) is 28.8. The number of imidazole rings is 1. The van der Waals surface area contributed by atoms with Gasteiger partial charge in [-0.3, -0.25) is 14.2 Å². The normalized spacial score (nSPS) is 11.9. The SMILES string of the molecule is CCC.CNCC(=O)N1CCCC1.COC=O.c1ccc(-c2csc3c2ccn3-c2cnc[nH]2)cc1. The smallest absolute Gasteiger partial charge is 0.292 e. The molecule has 0 radical (unpaired) electrons. The first-order chi connectivity index (χ1) is 17.6. The Kier molecular flexibility index (Phi) is 13.0. The van der Waals surface area contributed by atoms with Gasteiger partial charge in [-0.25, -0.2) is 4.98 Å². The lowest BCUT2D eigenvalue weighted by atomic mass is 10.1. The molecule has 4 aromatic rings. The number of likely N-dealkylation sites (N-methyl/N-ethyl adjacent to an activating group) is 1. The van der Waals surface area contributed by atoms with Crippen molar-refractivity contribution >= 4 is 33.9 Å². The molecule has 0 aliphatic carbocycles. The molecule has 0 atom stereocenters. The van der Waals surface area contributed by atoms with Crippen LogP contribution in [0.2, 0.25) is 0 Å². The summed E-state index contributed by atoms with van der Waals surface area (Å²) in [6, 6.07) is 12.7. The number of rotatable bonds is 5. The third-order valence-corrected chi connectivity index (χ3v) is 6.12. The number of ether oxygens (including phenoxy) is 1. The number of carbonyl (C=O) groups excluding carboxylic acids is 2. The van der Waals surface area contributed by atoms with Gasteiger partial charge in [-0.05, 0) is 31.5 Å². The number of thiophene rings is 1. The molecule has 1 fully saturated rings. The molecule has 0 saturated carbocycles. The molecule has 1 amide bonds. The van der Waals surface area contributed by atoms with Crippen LogP contribution in [0.5, 0.6) is 0 Å². The van der Waals surface area contributed by atoms with Crippen molar-refractivity contribution in [2.45, 2.75) is 33.1 Å². The second-order valence-electron chi connectivity index (χ2n) is 8.01. The number of benzene rings is 1. The van der Waals surface area contributed by atoms with E-state index in [9.17, 15) is 4.79 Å². The lowest BCUT2D eigenvalue weighted by Gasteiger charge is -2.13. The molecule has 9 heteroatoms. The summed E-state index contributed by atoms with van der Waals surface area (Å²) in [5, 5.41) is 6.35. The van der Waals surface area contributed by atoms with E-state index >= 15 is 0 Å². The molecule has 3 aromatic heterocycles. The fourth-order valence-electron chi connectivity index (χ4n) is 3.56. The van der Waals surface area contributed by atoms with E-state index in [0.29, 0.717) is 13.0 Å². The van der Waals surface area contributed by atoms with E-state index < -0.39 is 0 Å². The number of hydrogen-bond acceptors (Lipinski definition) is 6. The van der Waals surface area contributed by atoms with Crippen molar-refractivity contribution in [1.82, 2.24) is 24.8 Å². The van der Waals surface area contributed by atoms with Gasteiger partial charge in [-0.2, -0.15) is 0 Å². The molecular weight excluding hydrogens is 474 g/mol. The van der Waals surface area contributed by atoms with Crippen molar-refractivity contribution in [3.05, 3.63) is 60.5 Å². The number of likely N-dealkylation sites (tertiary alicyclic amines) is 1. The molecule has 1 aliphatic heterocycles. The molecule has 0 unspecified atom stereocenters. The molecule has 4 heterocycles. The van der Waals surface area contributed by atoms with Crippen molar-refractivity contribution in [2.24, 2.45) is 0 Å². The van der Waals surface area contributed by atoms with Crippen LogP contribution in [-0.2, 0) is 14.3 Å². The Morgan fingerprint density at radius 3 is 2.42 bits per heavy atom. The maximum absolute atomic E-state index is 11.1. The highest BCUT2D eigenvalue weighted by Crippen LogP contribution is 2.35. The predicted octanol–water partition coefficient (Wildman–Crippen LogP) is 5.12. The summed E-state index contributed by atoms with van der Waals surface area (Å²) in [5.74, 6) is 1.23. The van der Waals surface area contributed by atoms with E-state index in [2.05, 4.69) is 80.3 Å². The van der Waals surface area contributed by atoms with Crippen LogP contribution in [0.3, 0.4) is 0 Å². The molecule has 36 heavy (non-hydrogen) atoms. The van der Waals surface area contributed by atoms with Gasteiger partial charge in [0.1, 0.15) is 10.6 Å². The minimum Gasteiger partial charge on any atom is -0.471 e. The van der Waals surface area contributed by atoms with Gasteiger partial charge in [-0.1, -0.05) is 50.6 Å². The Hall–Kier alpha value is -3.43. The first-order valence-corrected chi connectivity index (χ1v) is 13.0. The number of nitrogens with one attached hydrogen (secondary N) is 2. The van der Waals surface area contributed by atoms with Crippen LogP contribution >= 0.6 is 11.3 Å². The number of hydrogen-bond donors (Lipinski definition) is 2. The van der Waals surface area contributed by atoms with Gasteiger partial charge in [-0.15, -0.1) is 11.3 Å². The number of amides is 1. The largest absolute Gasteiger partial charge is 0.471 e. The molecule has 8 nitrogen and oxygen atoms in total. The molecule has 1 aromatic carbocycles. The number of nitrogens with zero attached hydrogens (tertiary/aromatic N) is 3. The first-order valence-electron chi connectivity index (χ1n) is 12.1. The maximum Gasteiger partial charge on any atom is 0.292 e. The quantitative estimate of drug-likeness (QED) is 0.363. The third kappa shape index (κ3) is 8.35. The Balaban J connectivity index is 0.000000226. The molecule has 1 saturated heterocycles. The van der Waals surface area contributed by atoms with Gasteiger partial charge < -0.3 is 19.9 Å². The van der Waals surface area contributed by atoms with Gasteiger partial charge in [0.05, 0.1) is 26.2 Å². The highest BCUT2D eigenvalue weighted by molar-refractivity contribution is 7.17. The van der Waals surface area contributed by atoms with Gasteiger partial charge in [0, 0.05) is 35.6 Å². The summed E-state index contributed by atoms with van der Waals surface area (Å²) in [5.41, 5.74) is 2.55. The Labute approximate surface area is 217 Å². The average Bonchev–Trinajstić information content (AvgIpc) is 3.70. The number of fused-ring (bicyclic) bond motifs is 1. The lowest BCUT2D eigenvalue weighted by molar-refractivity contribution is -0.129. The minimum atomic E-state index is 0.236. The van der Waals surface area contributed by atoms with E-state index in [0.717, 1.165) is 18.9 Å². The van der Waals surface area contributed by atoms with E-state index in [4.69, 9.17) is 4.79 Å². The molecule has 0 spiro atoms. The summed E-state index contributed by atoms with van der Waals surface area (Å²) >= 11 is 1.76. The van der Waals surface area contributed by atoms with E-state index in [1.807, 2.05) is 17.2 Å². The van der Waals surface area contributed by atoms with Crippen LogP contribution < -0.4 is 5.32 Å².